The summed E-state index contributed by atoms with van der Waals surface area (Å²) in [6.45, 7) is 0.850. The average molecular weight is 377 g/mol. The summed E-state index contributed by atoms with van der Waals surface area (Å²) in [5, 5.41) is 0. The first-order chi connectivity index (χ1) is 12.5. The Bertz CT molecular complexity index is 830. The van der Waals surface area contributed by atoms with Gasteiger partial charge in [0.05, 0.1) is 19.1 Å². The molecule has 0 N–H and O–H groups in total. The maximum atomic E-state index is 12.9. The largest absolute Gasteiger partial charge is 0.493 e. The molecule has 0 saturated carbocycles. The number of hydrogen-bond donors (Lipinski definition) is 0. The van der Waals surface area contributed by atoms with Crippen LogP contribution in [0.2, 0.25) is 0 Å². The highest BCUT2D eigenvalue weighted by Gasteiger charge is 2.30. The first-order valence-corrected chi connectivity index (χ1v) is 9.92. The maximum Gasteiger partial charge on any atom is 0.243 e. The van der Waals surface area contributed by atoms with E-state index in [1.165, 1.54) is 24.6 Å². The van der Waals surface area contributed by atoms with Crippen LogP contribution in [0.15, 0.2) is 53.4 Å². The summed E-state index contributed by atoms with van der Waals surface area (Å²) in [4.78, 5) is 0.206. The van der Waals surface area contributed by atoms with Crippen LogP contribution in [-0.2, 0) is 10.0 Å². The second-order valence-electron chi connectivity index (χ2n) is 6.05. The summed E-state index contributed by atoms with van der Waals surface area (Å²) in [7, 11) is -0.569. The second-order valence-corrected chi connectivity index (χ2v) is 7.99. The molecule has 1 aliphatic rings. The maximum absolute atomic E-state index is 12.9. The zero-order valence-corrected chi connectivity index (χ0v) is 15.7. The monoisotopic (exact) mass is 377 g/mol. The van der Waals surface area contributed by atoms with Gasteiger partial charge in [0, 0.05) is 19.2 Å². The molecule has 1 saturated heterocycles. The minimum absolute atomic E-state index is 0.0225. The topological polar surface area (TPSA) is 65.1 Å². The Hall–Kier alpha value is -2.25. The Morgan fingerprint density at radius 1 is 0.923 bits per heavy atom. The van der Waals surface area contributed by atoms with E-state index in [4.69, 9.17) is 14.2 Å². The van der Waals surface area contributed by atoms with E-state index in [1.807, 2.05) is 30.3 Å². The van der Waals surface area contributed by atoms with Crippen LogP contribution in [0.25, 0.3) is 0 Å². The molecule has 1 aliphatic heterocycles. The number of sulfonamides is 1. The average Bonchev–Trinajstić information content (AvgIpc) is 2.68. The number of piperidine rings is 1. The lowest BCUT2D eigenvalue weighted by Crippen LogP contribution is -2.41. The molecular formula is C19H23NO5S. The SMILES string of the molecule is COc1ccc(S(=O)(=O)N2CCC(Oc3ccccc3)CC2)cc1OC. The zero-order chi connectivity index (χ0) is 18.6. The molecular weight excluding hydrogens is 354 g/mol. The van der Waals surface area contributed by atoms with Crippen LogP contribution in [0.4, 0.5) is 0 Å². The fourth-order valence-corrected chi connectivity index (χ4v) is 4.49. The fourth-order valence-electron chi connectivity index (χ4n) is 3.01. The number of rotatable bonds is 6. The molecule has 3 rings (SSSR count). The molecule has 0 unspecified atom stereocenters. The van der Waals surface area contributed by atoms with Crippen LogP contribution >= 0.6 is 0 Å². The number of benzene rings is 2. The Morgan fingerprint density at radius 3 is 2.19 bits per heavy atom. The Kier molecular flexibility index (Phi) is 5.68. The van der Waals surface area contributed by atoms with Crippen molar-refractivity contribution in [3.05, 3.63) is 48.5 Å². The molecule has 140 valence electrons. The molecule has 0 bridgehead atoms. The zero-order valence-electron chi connectivity index (χ0n) is 14.9. The van der Waals surface area contributed by atoms with Crippen molar-refractivity contribution in [1.82, 2.24) is 4.31 Å². The van der Waals surface area contributed by atoms with Crippen molar-refractivity contribution < 1.29 is 22.6 Å². The van der Waals surface area contributed by atoms with Gasteiger partial charge in [0.1, 0.15) is 11.9 Å². The van der Waals surface area contributed by atoms with E-state index in [1.54, 1.807) is 12.1 Å². The van der Waals surface area contributed by atoms with E-state index in [2.05, 4.69) is 0 Å². The van der Waals surface area contributed by atoms with Crippen LogP contribution < -0.4 is 14.2 Å². The van der Waals surface area contributed by atoms with Gasteiger partial charge in [-0.15, -0.1) is 0 Å². The predicted molar refractivity (Wildman–Crippen MR) is 98.4 cm³/mol. The Labute approximate surface area is 154 Å². The highest BCUT2D eigenvalue weighted by atomic mass is 32.2. The van der Waals surface area contributed by atoms with Crippen LogP contribution in [0, 0.1) is 0 Å². The molecule has 0 aromatic heterocycles. The van der Waals surface area contributed by atoms with Crippen molar-refractivity contribution in [2.45, 2.75) is 23.8 Å². The quantitative estimate of drug-likeness (QED) is 0.774. The molecule has 2 aromatic carbocycles. The van der Waals surface area contributed by atoms with Crippen LogP contribution in [0.5, 0.6) is 17.2 Å². The van der Waals surface area contributed by atoms with Gasteiger partial charge in [0.2, 0.25) is 10.0 Å². The molecule has 0 amide bonds. The van der Waals surface area contributed by atoms with E-state index in [9.17, 15) is 8.42 Å². The van der Waals surface area contributed by atoms with Crippen molar-refractivity contribution in [2.24, 2.45) is 0 Å². The van der Waals surface area contributed by atoms with Crippen molar-refractivity contribution >= 4 is 10.0 Å². The van der Waals surface area contributed by atoms with Crippen LogP contribution in [-0.4, -0.2) is 46.1 Å². The lowest BCUT2D eigenvalue weighted by molar-refractivity contribution is 0.135. The number of ether oxygens (including phenoxy) is 3. The summed E-state index contributed by atoms with van der Waals surface area (Å²) in [6, 6.07) is 14.3. The molecule has 6 nitrogen and oxygen atoms in total. The van der Waals surface area contributed by atoms with Gasteiger partial charge in [-0.3, -0.25) is 0 Å². The Morgan fingerprint density at radius 2 is 1.58 bits per heavy atom. The van der Waals surface area contributed by atoms with Gasteiger partial charge < -0.3 is 14.2 Å². The molecule has 0 spiro atoms. The highest BCUT2D eigenvalue weighted by Crippen LogP contribution is 2.31. The predicted octanol–water partition coefficient (Wildman–Crippen LogP) is 2.94. The number of nitrogens with zero attached hydrogens (tertiary/aromatic N) is 1. The molecule has 26 heavy (non-hydrogen) atoms. The van der Waals surface area contributed by atoms with E-state index >= 15 is 0 Å². The summed E-state index contributed by atoms with van der Waals surface area (Å²) in [6.07, 6.45) is 1.33. The highest BCUT2D eigenvalue weighted by molar-refractivity contribution is 7.89. The molecule has 2 aromatic rings. The van der Waals surface area contributed by atoms with Crippen molar-refractivity contribution in [1.29, 1.82) is 0 Å². The Balaban J connectivity index is 1.68. The minimum Gasteiger partial charge on any atom is -0.493 e. The number of hydrogen-bond acceptors (Lipinski definition) is 5. The summed E-state index contributed by atoms with van der Waals surface area (Å²) >= 11 is 0. The third-order valence-electron chi connectivity index (χ3n) is 4.44. The van der Waals surface area contributed by atoms with Gasteiger partial charge in [-0.25, -0.2) is 8.42 Å². The third kappa shape index (κ3) is 3.94. The summed E-state index contributed by atoms with van der Waals surface area (Å²) < 4.78 is 43.6. The van der Waals surface area contributed by atoms with Crippen molar-refractivity contribution in [2.75, 3.05) is 27.3 Å². The fraction of sp³-hybridized carbons (Fsp3) is 0.368. The van der Waals surface area contributed by atoms with Gasteiger partial charge >= 0.3 is 0 Å². The van der Waals surface area contributed by atoms with Gasteiger partial charge in [-0.2, -0.15) is 4.31 Å². The van der Waals surface area contributed by atoms with Gasteiger partial charge in [-0.1, -0.05) is 18.2 Å². The molecule has 0 aliphatic carbocycles. The van der Waals surface area contributed by atoms with Gasteiger partial charge in [0.25, 0.3) is 0 Å². The molecule has 1 fully saturated rings. The molecule has 7 heteroatoms. The van der Waals surface area contributed by atoms with E-state index in [0.29, 0.717) is 37.4 Å². The number of para-hydroxylation sites is 1. The normalized spacial score (nSPS) is 16.2. The molecule has 0 radical (unpaired) electrons. The van der Waals surface area contributed by atoms with Crippen LogP contribution in [0.3, 0.4) is 0 Å². The first kappa shape index (κ1) is 18.5. The smallest absolute Gasteiger partial charge is 0.243 e. The third-order valence-corrected chi connectivity index (χ3v) is 6.33. The molecule has 0 atom stereocenters. The van der Waals surface area contributed by atoms with Crippen LogP contribution in [0.1, 0.15) is 12.8 Å². The minimum atomic E-state index is -3.57. The first-order valence-electron chi connectivity index (χ1n) is 8.48. The van der Waals surface area contributed by atoms with Gasteiger partial charge in [0.15, 0.2) is 11.5 Å². The lowest BCUT2D eigenvalue weighted by Gasteiger charge is -2.31. The molecule has 1 heterocycles. The lowest BCUT2D eigenvalue weighted by atomic mass is 10.1. The standard InChI is InChI=1S/C19H23NO5S/c1-23-18-9-8-17(14-19(18)24-2)26(21,22)20-12-10-16(11-13-20)25-15-6-4-3-5-7-15/h3-9,14,16H,10-13H2,1-2H3. The summed E-state index contributed by atoms with van der Waals surface area (Å²) in [5.41, 5.74) is 0. The second kappa shape index (κ2) is 7.97. The van der Waals surface area contributed by atoms with Gasteiger partial charge in [-0.05, 0) is 37.1 Å². The van der Waals surface area contributed by atoms with E-state index in [0.717, 1.165) is 5.75 Å². The van der Waals surface area contributed by atoms with E-state index < -0.39 is 10.0 Å². The summed E-state index contributed by atoms with van der Waals surface area (Å²) in [5.74, 6) is 1.71. The van der Waals surface area contributed by atoms with Crippen molar-refractivity contribution in [3.63, 3.8) is 0 Å². The number of methoxy groups -OCH3 is 2. The van der Waals surface area contributed by atoms with Crippen molar-refractivity contribution in [3.8, 4) is 17.2 Å². The van der Waals surface area contributed by atoms with E-state index in [-0.39, 0.29) is 11.0 Å².